The summed E-state index contributed by atoms with van der Waals surface area (Å²) in [4.78, 5) is 16.4. The largest absolute Gasteiger partial charge is 0.361 e. The highest BCUT2D eigenvalue weighted by Crippen LogP contribution is 2.22. The Kier molecular flexibility index (Phi) is 3.40. The minimum atomic E-state index is -0.0466. The van der Waals surface area contributed by atoms with Gasteiger partial charge in [-0.05, 0) is 46.3 Å². The van der Waals surface area contributed by atoms with Crippen LogP contribution in [0.3, 0.4) is 0 Å². The number of benzene rings is 1. The summed E-state index contributed by atoms with van der Waals surface area (Å²) in [5.74, 6) is -0.0466. The molecule has 0 atom stereocenters. The summed E-state index contributed by atoms with van der Waals surface area (Å²) in [6.45, 7) is 0.551. The van der Waals surface area contributed by atoms with E-state index >= 15 is 0 Å². The van der Waals surface area contributed by atoms with Crippen LogP contribution in [-0.2, 0) is 6.54 Å². The maximum Gasteiger partial charge on any atom is 0.252 e. The monoisotopic (exact) mass is 334 g/mol. The van der Waals surface area contributed by atoms with Crippen molar-refractivity contribution in [3.8, 4) is 0 Å². The summed E-state index contributed by atoms with van der Waals surface area (Å²) in [6, 6.07) is 11.6. The molecule has 0 aliphatic rings. The fraction of sp³-hybridized carbons (Fsp3) is 0.0714. The lowest BCUT2D eigenvalue weighted by Crippen LogP contribution is -2.22. The van der Waals surface area contributed by atoms with Crippen LogP contribution in [0.15, 0.2) is 46.4 Å². The zero-order valence-corrected chi connectivity index (χ0v) is 12.3. The second-order valence-electron chi connectivity index (χ2n) is 4.13. The third kappa shape index (κ3) is 2.57. The zero-order valence-electron chi connectivity index (χ0n) is 9.94. The Hall–Kier alpha value is -1.59. The smallest absolute Gasteiger partial charge is 0.252 e. The lowest BCUT2D eigenvalue weighted by atomic mass is 10.1. The van der Waals surface area contributed by atoms with Crippen molar-refractivity contribution in [1.82, 2.24) is 10.3 Å². The molecule has 0 bridgehead atoms. The van der Waals surface area contributed by atoms with Crippen LogP contribution >= 0.6 is 27.3 Å². The molecule has 3 nitrogen and oxygen atoms in total. The molecule has 0 saturated heterocycles. The van der Waals surface area contributed by atoms with Crippen molar-refractivity contribution in [2.75, 3.05) is 0 Å². The molecular weight excluding hydrogens is 324 g/mol. The second kappa shape index (κ2) is 5.19. The number of carbonyl (C=O) groups is 1. The van der Waals surface area contributed by atoms with Crippen molar-refractivity contribution < 1.29 is 4.79 Å². The van der Waals surface area contributed by atoms with Crippen molar-refractivity contribution in [1.29, 1.82) is 0 Å². The van der Waals surface area contributed by atoms with E-state index in [2.05, 4.69) is 26.2 Å². The van der Waals surface area contributed by atoms with Crippen molar-refractivity contribution in [3.63, 3.8) is 0 Å². The van der Waals surface area contributed by atoms with Crippen LogP contribution in [0.2, 0.25) is 0 Å². The average molecular weight is 335 g/mol. The Labute approximate surface area is 122 Å². The zero-order chi connectivity index (χ0) is 13.2. The van der Waals surface area contributed by atoms with Crippen molar-refractivity contribution in [3.05, 3.63) is 56.8 Å². The van der Waals surface area contributed by atoms with E-state index in [4.69, 9.17) is 0 Å². The highest BCUT2D eigenvalue weighted by Gasteiger charge is 2.10. The minimum Gasteiger partial charge on any atom is -0.361 e. The number of hydrogen-bond acceptors (Lipinski definition) is 2. The van der Waals surface area contributed by atoms with Crippen molar-refractivity contribution >= 4 is 44.1 Å². The van der Waals surface area contributed by atoms with Crippen molar-refractivity contribution in [2.45, 2.75) is 6.54 Å². The minimum absolute atomic E-state index is 0.0466. The lowest BCUT2D eigenvalue weighted by Gasteiger charge is -2.05. The summed E-state index contributed by atoms with van der Waals surface area (Å²) in [7, 11) is 0. The SMILES string of the molecule is O=C(NCc1ccc(Br)s1)c1cccc2[nH]ccc12. The molecule has 3 aromatic rings. The molecule has 2 heterocycles. The normalized spacial score (nSPS) is 10.8. The number of fused-ring (bicyclic) bond motifs is 1. The van der Waals surface area contributed by atoms with Crippen LogP contribution in [0.1, 0.15) is 15.2 Å². The van der Waals surface area contributed by atoms with Gasteiger partial charge in [0.2, 0.25) is 0 Å². The maximum atomic E-state index is 12.2. The third-order valence-electron chi connectivity index (χ3n) is 2.89. The van der Waals surface area contributed by atoms with Crippen LogP contribution in [0, 0.1) is 0 Å². The number of thiophene rings is 1. The van der Waals surface area contributed by atoms with Gasteiger partial charge in [-0.25, -0.2) is 0 Å². The first kappa shape index (κ1) is 12.4. The summed E-state index contributed by atoms with van der Waals surface area (Å²) in [6.07, 6.45) is 1.85. The van der Waals surface area contributed by atoms with Crippen LogP contribution in [-0.4, -0.2) is 10.9 Å². The summed E-state index contributed by atoms with van der Waals surface area (Å²) < 4.78 is 1.07. The second-order valence-corrected chi connectivity index (χ2v) is 6.68. The third-order valence-corrected chi connectivity index (χ3v) is 4.52. The molecule has 0 unspecified atom stereocenters. The number of halogens is 1. The Bertz CT molecular complexity index is 732. The Morgan fingerprint density at radius 3 is 2.95 bits per heavy atom. The molecule has 96 valence electrons. The fourth-order valence-electron chi connectivity index (χ4n) is 1.99. The molecule has 2 N–H and O–H groups in total. The van der Waals surface area contributed by atoms with E-state index in [0.717, 1.165) is 19.6 Å². The maximum absolute atomic E-state index is 12.2. The van der Waals surface area contributed by atoms with E-state index < -0.39 is 0 Å². The number of hydrogen-bond donors (Lipinski definition) is 2. The first-order chi connectivity index (χ1) is 9.24. The van der Waals surface area contributed by atoms with Crippen LogP contribution in [0.5, 0.6) is 0 Å². The first-order valence-corrected chi connectivity index (χ1v) is 7.43. The Balaban J connectivity index is 1.78. The van der Waals surface area contributed by atoms with Gasteiger partial charge in [0, 0.05) is 27.5 Å². The first-order valence-electron chi connectivity index (χ1n) is 5.82. The molecule has 19 heavy (non-hydrogen) atoms. The van der Waals surface area contributed by atoms with Crippen LogP contribution < -0.4 is 5.32 Å². The molecule has 0 spiro atoms. The number of H-pyrrole nitrogens is 1. The quantitative estimate of drug-likeness (QED) is 0.749. The molecule has 0 fully saturated rings. The Morgan fingerprint density at radius 1 is 1.26 bits per heavy atom. The number of aromatic amines is 1. The summed E-state index contributed by atoms with van der Waals surface area (Å²) in [5.41, 5.74) is 1.68. The van der Waals surface area contributed by atoms with E-state index in [1.807, 2.05) is 42.6 Å². The molecule has 0 aliphatic carbocycles. The van der Waals surface area contributed by atoms with E-state index in [1.54, 1.807) is 11.3 Å². The molecule has 0 radical (unpaired) electrons. The van der Waals surface area contributed by atoms with Gasteiger partial charge in [0.25, 0.3) is 5.91 Å². The number of amides is 1. The van der Waals surface area contributed by atoms with Gasteiger partial charge in [0.05, 0.1) is 10.3 Å². The Morgan fingerprint density at radius 2 is 2.16 bits per heavy atom. The number of aromatic nitrogens is 1. The van der Waals surface area contributed by atoms with Gasteiger partial charge < -0.3 is 10.3 Å². The topological polar surface area (TPSA) is 44.9 Å². The van der Waals surface area contributed by atoms with Crippen molar-refractivity contribution in [2.24, 2.45) is 0 Å². The molecule has 1 amide bonds. The highest BCUT2D eigenvalue weighted by molar-refractivity contribution is 9.11. The van der Waals surface area contributed by atoms with Gasteiger partial charge >= 0.3 is 0 Å². The van der Waals surface area contributed by atoms with Gasteiger partial charge in [-0.2, -0.15) is 0 Å². The summed E-state index contributed by atoms with van der Waals surface area (Å²) in [5, 5.41) is 3.90. The standard InChI is InChI=1S/C14H11BrN2OS/c15-13-5-4-9(19-13)8-17-14(18)11-2-1-3-12-10(11)6-7-16-12/h1-7,16H,8H2,(H,17,18). The number of nitrogens with one attached hydrogen (secondary N) is 2. The van der Waals surface area contributed by atoms with E-state index in [-0.39, 0.29) is 5.91 Å². The molecule has 1 aromatic carbocycles. The van der Waals surface area contributed by atoms with E-state index in [9.17, 15) is 4.79 Å². The van der Waals surface area contributed by atoms with Gasteiger partial charge in [-0.1, -0.05) is 6.07 Å². The number of carbonyl (C=O) groups excluding carboxylic acids is 1. The molecule has 5 heteroatoms. The van der Waals surface area contributed by atoms with Gasteiger partial charge in [-0.15, -0.1) is 11.3 Å². The molecule has 2 aromatic heterocycles. The number of rotatable bonds is 3. The predicted octanol–water partition coefficient (Wildman–Crippen LogP) is 3.92. The predicted molar refractivity (Wildman–Crippen MR) is 81.5 cm³/mol. The lowest BCUT2D eigenvalue weighted by molar-refractivity contribution is 0.0953. The molecule has 0 saturated carbocycles. The average Bonchev–Trinajstić information content (AvgIpc) is 3.03. The van der Waals surface area contributed by atoms with Gasteiger partial charge in [0.1, 0.15) is 0 Å². The van der Waals surface area contributed by atoms with E-state index in [1.165, 1.54) is 0 Å². The van der Waals surface area contributed by atoms with Crippen LogP contribution in [0.25, 0.3) is 10.9 Å². The van der Waals surface area contributed by atoms with E-state index in [0.29, 0.717) is 12.1 Å². The van der Waals surface area contributed by atoms with Gasteiger partial charge in [0.15, 0.2) is 0 Å². The van der Waals surface area contributed by atoms with Gasteiger partial charge in [-0.3, -0.25) is 4.79 Å². The molecular formula is C14H11BrN2OS. The molecule has 0 aliphatic heterocycles. The highest BCUT2D eigenvalue weighted by atomic mass is 79.9. The molecule has 3 rings (SSSR count). The fourth-order valence-corrected chi connectivity index (χ4v) is 3.42. The van der Waals surface area contributed by atoms with Crippen LogP contribution in [0.4, 0.5) is 0 Å². The summed E-state index contributed by atoms with van der Waals surface area (Å²) >= 11 is 5.04.